The highest BCUT2D eigenvalue weighted by molar-refractivity contribution is 7.90. The van der Waals surface area contributed by atoms with Gasteiger partial charge in [-0.2, -0.15) is 17.6 Å². The predicted molar refractivity (Wildman–Crippen MR) is 127 cm³/mol. The van der Waals surface area contributed by atoms with Crippen LogP contribution in [-0.2, 0) is 29.9 Å². The van der Waals surface area contributed by atoms with Crippen LogP contribution >= 0.6 is 0 Å². The Bertz CT molecular complexity index is 1030. The minimum atomic E-state index is -5.15. The van der Waals surface area contributed by atoms with Crippen molar-refractivity contribution in [2.75, 3.05) is 5.75 Å². The lowest BCUT2D eigenvalue weighted by atomic mass is 9.90. The summed E-state index contributed by atoms with van der Waals surface area (Å²) in [6, 6.07) is 4.72. The highest BCUT2D eigenvalue weighted by atomic mass is 32.2. The van der Waals surface area contributed by atoms with Crippen LogP contribution in [0.25, 0.3) is 0 Å². The molecule has 1 unspecified atom stereocenters. The van der Waals surface area contributed by atoms with E-state index in [1.54, 1.807) is 41.5 Å². The van der Waals surface area contributed by atoms with Gasteiger partial charge in [-0.1, -0.05) is 30.3 Å². The highest BCUT2D eigenvalue weighted by Crippen LogP contribution is 2.41. The number of alkyl halides is 3. The zero-order valence-electron chi connectivity index (χ0n) is 21.0. The Balaban J connectivity index is 3.01. The van der Waals surface area contributed by atoms with Crippen molar-refractivity contribution in [1.82, 2.24) is 5.32 Å². The maximum Gasteiger partial charge on any atom is 0.421 e. The standard InChI is InChI=1S/C23H33F3N2O7S/c1-20(2,3)34-18(29)17(28-19(30)35-21(4,5)6)12-14-27-36(32,33)15-13-22(31,23(24,25)26)16-10-8-7-9-11-16/h7-11,14,17,31H,12-13,15H2,1-6H3,(H,28,30)/t17-,22?/m0/s1. The van der Waals surface area contributed by atoms with Crippen molar-refractivity contribution in [3.05, 3.63) is 35.9 Å². The summed E-state index contributed by atoms with van der Waals surface area (Å²) in [7, 11) is -4.48. The van der Waals surface area contributed by atoms with Gasteiger partial charge in [0.15, 0.2) is 5.60 Å². The van der Waals surface area contributed by atoms with E-state index in [1.165, 1.54) is 18.2 Å². The fourth-order valence-corrected chi connectivity index (χ4v) is 3.76. The molecule has 0 saturated heterocycles. The third kappa shape index (κ3) is 10.5. The van der Waals surface area contributed by atoms with Gasteiger partial charge in [-0.25, -0.2) is 18.0 Å². The van der Waals surface area contributed by atoms with E-state index in [9.17, 15) is 36.3 Å². The first kappa shape index (κ1) is 31.4. The Morgan fingerprint density at radius 1 is 1.03 bits per heavy atom. The molecule has 0 aliphatic rings. The second-order valence-corrected chi connectivity index (χ2v) is 11.8. The van der Waals surface area contributed by atoms with Crippen LogP contribution in [0.2, 0.25) is 0 Å². The molecule has 0 aliphatic carbocycles. The van der Waals surface area contributed by atoms with Gasteiger partial charge in [0.25, 0.3) is 10.0 Å². The molecule has 0 bridgehead atoms. The van der Waals surface area contributed by atoms with Crippen molar-refractivity contribution in [1.29, 1.82) is 0 Å². The Labute approximate surface area is 209 Å². The monoisotopic (exact) mass is 538 g/mol. The van der Waals surface area contributed by atoms with E-state index in [4.69, 9.17) is 9.47 Å². The van der Waals surface area contributed by atoms with Crippen molar-refractivity contribution in [2.45, 2.75) is 83.4 Å². The van der Waals surface area contributed by atoms with Gasteiger partial charge in [0.05, 0.1) is 5.75 Å². The normalized spacial score (nSPS) is 15.7. The highest BCUT2D eigenvalue weighted by Gasteiger charge is 2.55. The summed E-state index contributed by atoms with van der Waals surface area (Å²) in [6.45, 7) is 9.55. The lowest BCUT2D eigenvalue weighted by molar-refractivity contribution is -0.267. The molecule has 1 rings (SSSR count). The Hall–Kier alpha value is -2.67. The summed E-state index contributed by atoms with van der Waals surface area (Å²) >= 11 is 0. The Morgan fingerprint density at radius 3 is 2.03 bits per heavy atom. The summed E-state index contributed by atoms with van der Waals surface area (Å²) in [5.41, 5.74) is -5.72. The largest absolute Gasteiger partial charge is 0.458 e. The van der Waals surface area contributed by atoms with Gasteiger partial charge in [0.2, 0.25) is 0 Å². The predicted octanol–water partition coefficient (Wildman–Crippen LogP) is 3.85. The molecule has 0 heterocycles. The molecule has 0 radical (unpaired) electrons. The van der Waals surface area contributed by atoms with Gasteiger partial charge in [-0.15, -0.1) is 0 Å². The number of halogens is 3. The van der Waals surface area contributed by atoms with Gasteiger partial charge in [-0.05, 0) is 47.1 Å². The number of hydrogen-bond donors (Lipinski definition) is 2. The first-order valence-electron chi connectivity index (χ1n) is 11.0. The molecule has 0 aromatic heterocycles. The van der Waals surface area contributed by atoms with Crippen LogP contribution in [0.3, 0.4) is 0 Å². The molecule has 9 nitrogen and oxygen atoms in total. The number of sulfonamides is 1. The van der Waals surface area contributed by atoms with Crippen molar-refractivity contribution < 1.29 is 45.8 Å². The maximum atomic E-state index is 13.6. The second-order valence-electron chi connectivity index (χ2n) is 10.0. The molecule has 13 heteroatoms. The number of esters is 1. The molecule has 1 aromatic rings. The Kier molecular flexibility index (Phi) is 10.1. The average molecular weight is 539 g/mol. The summed E-state index contributed by atoms with van der Waals surface area (Å²) in [5.74, 6) is -2.03. The number of amides is 1. The third-order valence-corrected chi connectivity index (χ3v) is 5.59. The van der Waals surface area contributed by atoms with Crippen molar-refractivity contribution in [3.63, 3.8) is 0 Å². The van der Waals surface area contributed by atoms with Crippen LogP contribution in [0.4, 0.5) is 18.0 Å². The number of aliphatic hydroxyl groups is 1. The van der Waals surface area contributed by atoms with E-state index >= 15 is 0 Å². The first-order chi connectivity index (χ1) is 16.2. The first-order valence-corrected chi connectivity index (χ1v) is 12.6. The molecular formula is C23H33F3N2O7S. The number of rotatable bonds is 9. The van der Waals surface area contributed by atoms with Crippen molar-refractivity contribution >= 4 is 28.3 Å². The number of benzene rings is 1. The van der Waals surface area contributed by atoms with Gasteiger partial charge >= 0.3 is 18.2 Å². The fraction of sp³-hybridized carbons (Fsp3) is 0.609. The molecule has 204 valence electrons. The van der Waals surface area contributed by atoms with E-state index < -0.39 is 75.3 Å². The van der Waals surface area contributed by atoms with Gasteiger partial charge in [0, 0.05) is 19.1 Å². The zero-order valence-corrected chi connectivity index (χ0v) is 21.9. The molecule has 2 N–H and O–H groups in total. The van der Waals surface area contributed by atoms with Crippen LogP contribution < -0.4 is 5.32 Å². The minimum Gasteiger partial charge on any atom is -0.458 e. The fourth-order valence-electron chi connectivity index (χ4n) is 2.79. The van der Waals surface area contributed by atoms with Crippen LogP contribution in [-0.4, -0.2) is 61.0 Å². The molecule has 0 spiro atoms. The third-order valence-electron chi connectivity index (χ3n) is 4.40. The Morgan fingerprint density at radius 2 is 1.56 bits per heavy atom. The molecule has 0 fully saturated rings. The van der Waals surface area contributed by atoms with Gasteiger partial charge in [0.1, 0.15) is 17.2 Å². The number of carbonyl (C=O) groups is 2. The number of carbonyl (C=O) groups excluding carboxylic acids is 2. The minimum absolute atomic E-state index is 0.449. The molecule has 2 atom stereocenters. The van der Waals surface area contributed by atoms with Crippen LogP contribution in [0, 0.1) is 0 Å². The van der Waals surface area contributed by atoms with E-state index in [-0.39, 0.29) is 0 Å². The topological polar surface area (TPSA) is 131 Å². The number of nitrogens with one attached hydrogen (secondary N) is 1. The molecule has 0 saturated carbocycles. The van der Waals surface area contributed by atoms with E-state index in [1.807, 2.05) is 0 Å². The van der Waals surface area contributed by atoms with Crippen molar-refractivity contribution in [3.8, 4) is 0 Å². The maximum absolute atomic E-state index is 13.6. The summed E-state index contributed by atoms with van der Waals surface area (Å²) in [5, 5.41) is 12.6. The smallest absolute Gasteiger partial charge is 0.421 e. The SMILES string of the molecule is CC(C)(C)OC(=O)N[C@@H](CC=NS(=O)(=O)CCC(O)(c1ccccc1)C(F)(F)F)C(=O)OC(C)(C)C. The number of alkyl carbamates (subject to hydrolysis) is 1. The van der Waals surface area contributed by atoms with E-state index in [2.05, 4.69) is 9.71 Å². The lowest BCUT2D eigenvalue weighted by Gasteiger charge is -2.30. The van der Waals surface area contributed by atoms with Crippen LogP contribution in [0.1, 0.15) is 59.9 Å². The van der Waals surface area contributed by atoms with Crippen molar-refractivity contribution in [2.24, 2.45) is 4.40 Å². The molecule has 1 aromatic carbocycles. The molecule has 36 heavy (non-hydrogen) atoms. The summed E-state index contributed by atoms with van der Waals surface area (Å²) in [4.78, 5) is 24.6. The van der Waals surface area contributed by atoms with Gasteiger partial charge in [-0.3, -0.25) is 0 Å². The summed E-state index contributed by atoms with van der Waals surface area (Å²) < 4.78 is 79.0. The lowest BCUT2D eigenvalue weighted by Crippen LogP contribution is -2.46. The molecule has 1 amide bonds. The quantitative estimate of drug-likeness (QED) is 0.361. The van der Waals surface area contributed by atoms with Crippen LogP contribution in [0.5, 0.6) is 0 Å². The van der Waals surface area contributed by atoms with E-state index in [0.717, 1.165) is 18.3 Å². The summed E-state index contributed by atoms with van der Waals surface area (Å²) in [6.07, 6.45) is -6.99. The van der Waals surface area contributed by atoms with Crippen LogP contribution in [0.15, 0.2) is 34.7 Å². The number of ether oxygens (including phenoxy) is 2. The zero-order chi connectivity index (χ0) is 28.0. The molecule has 0 aliphatic heterocycles. The second kappa shape index (κ2) is 11.6. The number of nitrogens with zero attached hydrogens (tertiary/aromatic N) is 1. The van der Waals surface area contributed by atoms with Gasteiger partial charge < -0.3 is 19.9 Å². The number of hydrogen-bond acceptors (Lipinski definition) is 7. The van der Waals surface area contributed by atoms with E-state index in [0.29, 0.717) is 0 Å². The average Bonchev–Trinajstić information content (AvgIpc) is 2.68. The molecular weight excluding hydrogens is 505 g/mol.